The molecule has 0 aliphatic heterocycles. The van der Waals surface area contributed by atoms with E-state index in [1.54, 1.807) is 43.4 Å². The monoisotopic (exact) mass is 510 g/mol. The van der Waals surface area contributed by atoms with Crippen LogP contribution < -0.4 is 15.4 Å². The van der Waals surface area contributed by atoms with Crippen LogP contribution in [0.15, 0.2) is 6.07 Å². The molecule has 1 fully saturated rings. The second-order valence-electron chi connectivity index (χ2n) is 8.06. The summed E-state index contributed by atoms with van der Waals surface area (Å²) in [4.78, 5) is 25.1. The van der Waals surface area contributed by atoms with E-state index < -0.39 is 40.5 Å². The maximum atomic E-state index is 14.7. The molecule has 2 N–H and O–H groups in total. The molecule has 0 spiro atoms. The molecule has 0 saturated heterocycles. The molecule has 1 aliphatic carbocycles. The maximum Gasteiger partial charge on any atom is 0.408 e. The molecule has 1 atom stereocenters. The Hall–Kier alpha value is -1.65. The topological polar surface area (TPSA) is 76.7 Å². The number of nitrogens with one attached hydrogen (secondary N) is 2. The van der Waals surface area contributed by atoms with Crippen molar-refractivity contribution >= 4 is 34.6 Å². The summed E-state index contributed by atoms with van der Waals surface area (Å²) >= 11 is 1.72. The third kappa shape index (κ3) is 5.68. The summed E-state index contributed by atoms with van der Waals surface area (Å²) in [6, 6.07) is 1.34. The molecule has 2 amide bonds. The van der Waals surface area contributed by atoms with Gasteiger partial charge in [0.15, 0.2) is 17.4 Å². The van der Waals surface area contributed by atoms with E-state index in [0.29, 0.717) is 0 Å². The zero-order valence-electron chi connectivity index (χ0n) is 16.5. The van der Waals surface area contributed by atoms with Crippen LogP contribution in [0.2, 0.25) is 0 Å². The average Bonchev–Trinajstić information content (AvgIpc) is 3.35. The number of hydrogen-bond donors (Lipinski definition) is 2. The number of benzene rings is 1. The number of methoxy groups -OCH3 is 1. The fourth-order valence-electron chi connectivity index (χ4n) is 2.60. The molecule has 1 aliphatic rings. The van der Waals surface area contributed by atoms with E-state index >= 15 is 0 Å². The van der Waals surface area contributed by atoms with Crippen LogP contribution in [0.25, 0.3) is 0 Å². The quantitative estimate of drug-likeness (QED) is 0.453. The minimum absolute atomic E-state index is 0.0417. The normalized spacial score (nSPS) is 16.1. The van der Waals surface area contributed by atoms with Gasteiger partial charge in [0.25, 0.3) is 0 Å². The van der Waals surface area contributed by atoms with Crippen LogP contribution in [-0.2, 0) is 16.0 Å². The number of halogens is 3. The van der Waals surface area contributed by atoms with E-state index in [4.69, 9.17) is 9.47 Å². The lowest BCUT2D eigenvalue weighted by molar-refractivity contribution is -0.127. The molecule has 1 saturated carbocycles. The molecular formula is C19H25F2IN2O4. The molecule has 28 heavy (non-hydrogen) atoms. The Labute approximate surface area is 176 Å². The highest BCUT2D eigenvalue weighted by molar-refractivity contribution is 14.1. The van der Waals surface area contributed by atoms with Crippen LogP contribution in [-0.4, -0.2) is 36.3 Å². The number of carbonyl (C=O) groups is 2. The molecule has 0 bridgehead atoms. The van der Waals surface area contributed by atoms with Gasteiger partial charge in [-0.05, 0) is 74.8 Å². The molecule has 1 unspecified atom stereocenters. The van der Waals surface area contributed by atoms with E-state index in [-0.39, 0.29) is 21.6 Å². The Bertz CT molecular complexity index is 778. The summed E-state index contributed by atoms with van der Waals surface area (Å²) in [6.45, 7) is 6.57. The number of carbonyl (C=O) groups excluding carboxylic acids is 2. The van der Waals surface area contributed by atoms with Crippen LogP contribution in [0.3, 0.4) is 0 Å². The zero-order chi connectivity index (χ0) is 21.3. The van der Waals surface area contributed by atoms with E-state index in [1.807, 2.05) is 0 Å². The van der Waals surface area contributed by atoms with Gasteiger partial charge < -0.3 is 20.1 Å². The van der Waals surface area contributed by atoms with Crippen molar-refractivity contribution < 1.29 is 27.8 Å². The van der Waals surface area contributed by atoms with Crippen LogP contribution in [0.4, 0.5) is 13.6 Å². The minimum Gasteiger partial charge on any atom is -0.491 e. The lowest BCUT2D eigenvalue weighted by Crippen LogP contribution is -2.59. The molecule has 0 heterocycles. The summed E-state index contributed by atoms with van der Waals surface area (Å²) in [6.07, 6.45) is 0.698. The SMILES string of the molecule is COc1c(F)c(I)cc(CC(C)(NC(=O)OC(C)(C)C)C(=O)NC2CC2)c1F. The second-order valence-corrected chi connectivity index (χ2v) is 9.22. The largest absolute Gasteiger partial charge is 0.491 e. The predicted octanol–water partition coefficient (Wildman–Crippen LogP) is 3.68. The van der Waals surface area contributed by atoms with Crippen LogP contribution in [0, 0.1) is 15.2 Å². The third-order valence-corrected chi connectivity index (χ3v) is 4.91. The smallest absolute Gasteiger partial charge is 0.408 e. The number of rotatable bonds is 6. The highest BCUT2D eigenvalue weighted by atomic mass is 127. The van der Waals surface area contributed by atoms with E-state index in [0.717, 1.165) is 12.8 Å². The molecule has 0 radical (unpaired) electrons. The fourth-order valence-corrected chi connectivity index (χ4v) is 3.22. The van der Waals surface area contributed by atoms with Crippen molar-refractivity contribution in [2.45, 2.75) is 64.1 Å². The summed E-state index contributed by atoms with van der Waals surface area (Å²) in [5.74, 6) is -2.70. The van der Waals surface area contributed by atoms with Gasteiger partial charge in [0.05, 0.1) is 10.7 Å². The summed E-state index contributed by atoms with van der Waals surface area (Å²) in [5, 5.41) is 5.37. The predicted molar refractivity (Wildman–Crippen MR) is 108 cm³/mol. The van der Waals surface area contributed by atoms with Gasteiger partial charge in [-0.15, -0.1) is 0 Å². The van der Waals surface area contributed by atoms with Crippen LogP contribution in [0.5, 0.6) is 5.75 Å². The minimum atomic E-state index is -1.50. The average molecular weight is 510 g/mol. The Balaban J connectivity index is 2.35. The van der Waals surface area contributed by atoms with Crippen molar-refractivity contribution in [1.29, 1.82) is 0 Å². The molecule has 6 nitrogen and oxygen atoms in total. The van der Waals surface area contributed by atoms with E-state index in [1.165, 1.54) is 20.1 Å². The van der Waals surface area contributed by atoms with Gasteiger partial charge in [0.2, 0.25) is 5.91 Å². The number of hydrogen-bond acceptors (Lipinski definition) is 4. The van der Waals surface area contributed by atoms with Crippen LogP contribution in [0.1, 0.15) is 46.1 Å². The van der Waals surface area contributed by atoms with E-state index in [2.05, 4.69) is 10.6 Å². The first-order valence-corrected chi connectivity index (χ1v) is 9.96. The second kappa shape index (κ2) is 8.38. The molecule has 1 aromatic carbocycles. The Morgan fingerprint density at radius 2 is 1.82 bits per heavy atom. The fraction of sp³-hybridized carbons (Fsp3) is 0.579. The number of ether oxygens (including phenoxy) is 2. The first kappa shape index (κ1) is 22.6. The van der Waals surface area contributed by atoms with Crippen molar-refractivity contribution in [1.82, 2.24) is 10.6 Å². The number of amides is 2. The first-order chi connectivity index (χ1) is 12.9. The molecular weight excluding hydrogens is 485 g/mol. The standard InChI is InChI=1S/C19H25F2IN2O4/c1-18(2,3)28-17(26)24-19(4,16(25)23-11-6-7-11)9-10-8-12(22)14(21)15(27-5)13(10)20/h8,11H,6-7,9H2,1-5H3,(H,23,25)(H,24,26). The molecule has 0 aromatic heterocycles. The molecule has 9 heteroatoms. The van der Waals surface area contributed by atoms with Gasteiger partial charge in [-0.2, -0.15) is 0 Å². The highest BCUT2D eigenvalue weighted by Gasteiger charge is 2.40. The van der Waals surface area contributed by atoms with Gasteiger partial charge in [-0.1, -0.05) is 0 Å². The lowest BCUT2D eigenvalue weighted by atomic mass is 9.91. The van der Waals surface area contributed by atoms with Crippen molar-refractivity contribution in [3.05, 3.63) is 26.8 Å². The number of alkyl carbamates (subject to hydrolysis) is 1. The molecule has 2 rings (SSSR count). The van der Waals surface area contributed by atoms with Gasteiger partial charge in [-0.3, -0.25) is 4.79 Å². The van der Waals surface area contributed by atoms with Gasteiger partial charge >= 0.3 is 6.09 Å². The van der Waals surface area contributed by atoms with Crippen molar-refractivity contribution in [3.63, 3.8) is 0 Å². The molecule has 1 aromatic rings. The van der Waals surface area contributed by atoms with Crippen LogP contribution >= 0.6 is 22.6 Å². The van der Waals surface area contributed by atoms with Gasteiger partial charge in [0.1, 0.15) is 11.1 Å². The summed E-state index contributed by atoms with van der Waals surface area (Å²) < 4.78 is 39.0. The zero-order valence-corrected chi connectivity index (χ0v) is 18.7. The first-order valence-electron chi connectivity index (χ1n) is 8.89. The van der Waals surface area contributed by atoms with Crippen molar-refractivity contribution in [3.8, 4) is 5.75 Å². The van der Waals surface area contributed by atoms with Crippen molar-refractivity contribution in [2.24, 2.45) is 0 Å². The summed E-state index contributed by atoms with van der Waals surface area (Å²) in [7, 11) is 1.17. The highest BCUT2D eigenvalue weighted by Crippen LogP contribution is 2.31. The van der Waals surface area contributed by atoms with Gasteiger partial charge in [-0.25, -0.2) is 13.6 Å². The maximum absolute atomic E-state index is 14.7. The third-order valence-electron chi connectivity index (χ3n) is 4.13. The Morgan fingerprint density at radius 3 is 2.32 bits per heavy atom. The summed E-state index contributed by atoms with van der Waals surface area (Å²) in [5.41, 5.74) is -2.22. The van der Waals surface area contributed by atoms with Gasteiger partial charge in [0, 0.05) is 12.5 Å². The molecule has 156 valence electrons. The lowest BCUT2D eigenvalue weighted by Gasteiger charge is -2.31. The van der Waals surface area contributed by atoms with Crippen molar-refractivity contribution in [2.75, 3.05) is 7.11 Å². The van der Waals surface area contributed by atoms with E-state index in [9.17, 15) is 18.4 Å². The Kier molecular flexibility index (Phi) is 6.78. The Morgan fingerprint density at radius 1 is 1.21 bits per heavy atom.